The number of Topliss-reactive ketones (excluding diaryl/α,β-unsaturated/α-hetero) is 1. The normalized spacial score (nSPS) is 11.7. The van der Waals surface area contributed by atoms with Crippen molar-refractivity contribution in [1.82, 2.24) is 0 Å². The molecule has 4 heteroatoms. The summed E-state index contributed by atoms with van der Waals surface area (Å²) >= 11 is 3.31. The zero-order valence-electron chi connectivity index (χ0n) is 12.3. The van der Waals surface area contributed by atoms with Gasteiger partial charge >= 0.3 is 5.97 Å². The molecule has 0 radical (unpaired) electrons. The number of carbonyl (C=O) groups excluding carboxylic acids is 2. The average Bonchev–Trinajstić information content (AvgIpc) is 2.53. The first-order chi connectivity index (χ1) is 10.6. The van der Waals surface area contributed by atoms with Crippen molar-refractivity contribution >= 4 is 27.7 Å². The van der Waals surface area contributed by atoms with Gasteiger partial charge in [-0.05, 0) is 24.1 Å². The first kappa shape index (κ1) is 16.4. The molecule has 0 spiro atoms. The molecule has 2 aromatic carbocycles. The summed E-state index contributed by atoms with van der Waals surface area (Å²) in [5.41, 5.74) is 1.61. The minimum absolute atomic E-state index is 0.201. The fraction of sp³-hybridized carbons (Fsp3) is 0.222. The third kappa shape index (κ3) is 4.81. The highest BCUT2D eigenvalue weighted by molar-refractivity contribution is 9.10. The molecule has 0 aliphatic carbocycles. The molecule has 0 fully saturated rings. The van der Waals surface area contributed by atoms with E-state index in [0.717, 1.165) is 10.0 Å². The first-order valence-electron chi connectivity index (χ1n) is 7.05. The lowest BCUT2D eigenvalue weighted by Gasteiger charge is -2.11. The Kier molecular flexibility index (Phi) is 5.90. The number of halogens is 1. The maximum atomic E-state index is 12.0. The largest absolute Gasteiger partial charge is 0.457 e. The average molecular weight is 361 g/mol. The molecule has 0 saturated heterocycles. The fourth-order valence-corrected chi connectivity index (χ4v) is 2.31. The molecule has 3 nitrogen and oxygen atoms in total. The van der Waals surface area contributed by atoms with Crippen LogP contribution in [-0.4, -0.2) is 18.4 Å². The molecule has 0 unspecified atom stereocenters. The van der Waals surface area contributed by atoms with Gasteiger partial charge in [-0.25, -0.2) is 0 Å². The highest BCUT2D eigenvalue weighted by Crippen LogP contribution is 2.12. The minimum atomic E-state index is -0.352. The standard InChI is InChI=1S/C18H17BrO3/c1-13(11-14-5-3-2-4-6-14)18(21)22-12-17(20)15-7-9-16(19)10-8-15/h2-10,13H,11-12H2,1H3/t13-/m1/s1. The van der Waals surface area contributed by atoms with Gasteiger partial charge in [0.05, 0.1) is 5.92 Å². The number of hydrogen-bond donors (Lipinski definition) is 0. The van der Waals surface area contributed by atoms with Crippen molar-refractivity contribution in [2.24, 2.45) is 5.92 Å². The van der Waals surface area contributed by atoms with Crippen LogP contribution in [0.5, 0.6) is 0 Å². The lowest BCUT2D eigenvalue weighted by Crippen LogP contribution is -2.21. The van der Waals surface area contributed by atoms with Gasteiger partial charge in [0, 0.05) is 10.0 Å². The summed E-state index contributed by atoms with van der Waals surface area (Å²) in [6.45, 7) is 1.58. The third-order valence-corrected chi connectivity index (χ3v) is 3.83. The van der Waals surface area contributed by atoms with Crippen molar-refractivity contribution in [2.45, 2.75) is 13.3 Å². The Morgan fingerprint density at radius 1 is 1.05 bits per heavy atom. The van der Waals surface area contributed by atoms with Gasteiger partial charge in [-0.1, -0.05) is 65.3 Å². The maximum absolute atomic E-state index is 12.0. The second kappa shape index (κ2) is 7.90. The number of ketones is 1. The Labute approximate surface area is 138 Å². The van der Waals surface area contributed by atoms with E-state index in [1.807, 2.05) is 30.3 Å². The van der Waals surface area contributed by atoms with Crippen LogP contribution in [0.1, 0.15) is 22.8 Å². The maximum Gasteiger partial charge on any atom is 0.309 e. The smallest absolute Gasteiger partial charge is 0.309 e. The number of esters is 1. The van der Waals surface area contributed by atoms with Crippen LogP contribution >= 0.6 is 15.9 Å². The van der Waals surface area contributed by atoms with E-state index >= 15 is 0 Å². The Balaban J connectivity index is 1.84. The number of hydrogen-bond acceptors (Lipinski definition) is 3. The minimum Gasteiger partial charge on any atom is -0.457 e. The molecule has 2 rings (SSSR count). The van der Waals surface area contributed by atoms with Gasteiger partial charge < -0.3 is 4.74 Å². The zero-order valence-corrected chi connectivity index (χ0v) is 13.9. The molecule has 0 aromatic heterocycles. The molecular formula is C18H17BrO3. The van der Waals surface area contributed by atoms with Gasteiger partial charge in [-0.2, -0.15) is 0 Å². The predicted octanol–water partition coefficient (Wildman–Crippen LogP) is 4.05. The molecule has 0 bridgehead atoms. The van der Waals surface area contributed by atoms with E-state index in [9.17, 15) is 9.59 Å². The SMILES string of the molecule is C[C@H](Cc1ccccc1)C(=O)OCC(=O)c1ccc(Br)cc1. The molecule has 0 aliphatic heterocycles. The first-order valence-corrected chi connectivity index (χ1v) is 7.85. The second-order valence-electron chi connectivity index (χ2n) is 5.13. The summed E-state index contributed by atoms with van der Waals surface area (Å²) in [7, 11) is 0. The van der Waals surface area contributed by atoms with Crippen LogP contribution in [0, 0.1) is 5.92 Å². The van der Waals surface area contributed by atoms with E-state index in [1.54, 1.807) is 31.2 Å². The number of rotatable bonds is 6. The molecule has 2 aromatic rings. The van der Waals surface area contributed by atoms with Crippen molar-refractivity contribution in [3.05, 3.63) is 70.2 Å². The van der Waals surface area contributed by atoms with Crippen LogP contribution in [0.25, 0.3) is 0 Å². The molecule has 0 amide bonds. The Morgan fingerprint density at radius 2 is 1.68 bits per heavy atom. The molecule has 1 atom stereocenters. The Morgan fingerprint density at radius 3 is 2.32 bits per heavy atom. The zero-order chi connectivity index (χ0) is 15.9. The van der Waals surface area contributed by atoms with E-state index in [2.05, 4.69) is 15.9 Å². The molecular weight excluding hydrogens is 344 g/mol. The highest BCUT2D eigenvalue weighted by Gasteiger charge is 2.17. The van der Waals surface area contributed by atoms with Crippen LogP contribution in [0.15, 0.2) is 59.1 Å². The van der Waals surface area contributed by atoms with E-state index in [1.165, 1.54) is 0 Å². The van der Waals surface area contributed by atoms with E-state index in [4.69, 9.17) is 4.74 Å². The van der Waals surface area contributed by atoms with E-state index in [-0.39, 0.29) is 24.3 Å². The van der Waals surface area contributed by atoms with Gasteiger partial charge in [0.2, 0.25) is 0 Å². The van der Waals surface area contributed by atoms with Crippen molar-refractivity contribution < 1.29 is 14.3 Å². The highest BCUT2D eigenvalue weighted by atomic mass is 79.9. The Bertz CT molecular complexity index is 635. The molecule has 114 valence electrons. The second-order valence-corrected chi connectivity index (χ2v) is 6.04. The van der Waals surface area contributed by atoms with Crippen LogP contribution in [0.3, 0.4) is 0 Å². The lowest BCUT2D eigenvalue weighted by molar-refractivity contribution is -0.146. The van der Waals surface area contributed by atoms with Crippen LogP contribution in [-0.2, 0) is 16.0 Å². The number of benzene rings is 2. The molecule has 0 N–H and O–H groups in total. The van der Waals surface area contributed by atoms with E-state index in [0.29, 0.717) is 12.0 Å². The lowest BCUT2D eigenvalue weighted by atomic mass is 10.0. The van der Waals surface area contributed by atoms with Crippen LogP contribution < -0.4 is 0 Å². The summed E-state index contributed by atoms with van der Waals surface area (Å²) < 4.78 is 6.02. The fourth-order valence-electron chi connectivity index (χ4n) is 2.05. The summed E-state index contributed by atoms with van der Waals surface area (Å²) in [6.07, 6.45) is 0.603. The van der Waals surface area contributed by atoms with Gasteiger partial charge in [0.15, 0.2) is 12.4 Å². The summed E-state index contributed by atoms with van der Waals surface area (Å²) in [4.78, 5) is 23.9. The van der Waals surface area contributed by atoms with Crippen molar-refractivity contribution in [1.29, 1.82) is 0 Å². The van der Waals surface area contributed by atoms with Gasteiger partial charge in [-0.3, -0.25) is 9.59 Å². The number of ether oxygens (including phenoxy) is 1. The summed E-state index contributed by atoms with van der Waals surface area (Å²) in [5, 5.41) is 0. The van der Waals surface area contributed by atoms with E-state index < -0.39 is 0 Å². The quantitative estimate of drug-likeness (QED) is 0.576. The summed E-state index contributed by atoms with van der Waals surface area (Å²) in [5.74, 6) is -0.831. The van der Waals surface area contributed by atoms with Crippen molar-refractivity contribution in [2.75, 3.05) is 6.61 Å². The van der Waals surface area contributed by atoms with Crippen LogP contribution in [0.2, 0.25) is 0 Å². The Hall–Kier alpha value is -1.94. The molecule has 22 heavy (non-hydrogen) atoms. The predicted molar refractivity (Wildman–Crippen MR) is 88.7 cm³/mol. The van der Waals surface area contributed by atoms with Crippen molar-refractivity contribution in [3.63, 3.8) is 0 Å². The van der Waals surface area contributed by atoms with Gasteiger partial charge in [0.25, 0.3) is 0 Å². The number of carbonyl (C=O) groups is 2. The topological polar surface area (TPSA) is 43.4 Å². The third-order valence-electron chi connectivity index (χ3n) is 3.30. The summed E-state index contributed by atoms with van der Waals surface area (Å²) in [6, 6.07) is 16.7. The monoisotopic (exact) mass is 360 g/mol. The van der Waals surface area contributed by atoms with Crippen molar-refractivity contribution in [3.8, 4) is 0 Å². The molecule has 0 saturated carbocycles. The molecule has 0 aliphatic rings. The van der Waals surface area contributed by atoms with Gasteiger partial charge in [-0.15, -0.1) is 0 Å². The van der Waals surface area contributed by atoms with Crippen LogP contribution in [0.4, 0.5) is 0 Å². The molecule has 0 heterocycles. The van der Waals surface area contributed by atoms with Gasteiger partial charge in [0.1, 0.15) is 0 Å².